The van der Waals surface area contributed by atoms with Crippen molar-refractivity contribution in [1.29, 1.82) is 0 Å². The number of methoxy groups -OCH3 is 1. The molecule has 0 aromatic heterocycles. The molecular formula is C24H24ClN3O5S. The zero-order chi connectivity index (χ0) is 24.7. The molecule has 178 valence electrons. The number of hydrogen-bond acceptors (Lipinski definition) is 5. The number of rotatable bonds is 9. The average Bonchev–Trinajstić information content (AvgIpc) is 2.81. The molecule has 2 amide bonds. The van der Waals surface area contributed by atoms with Gasteiger partial charge in [0.05, 0.1) is 35.3 Å². The Bertz CT molecular complexity index is 1280. The minimum atomic E-state index is -3.81. The van der Waals surface area contributed by atoms with Crippen molar-refractivity contribution in [3.63, 3.8) is 0 Å². The number of anilines is 2. The summed E-state index contributed by atoms with van der Waals surface area (Å²) in [5.41, 5.74) is 1.65. The van der Waals surface area contributed by atoms with Crippen molar-refractivity contribution in [2.45, 2.75) is 6.54 Å². The molecule has 34 heavy (non-hydrogen) atoms. The molecule has 0 radical (unpaired) electrons. The summed E-state index contributed by atoms with van der Waals surface area (Å²) in [6.07, 6.45) is 0.989. The molecule has 0 spiro atoms. The lowest BCUT2D eigenvalue weighted by atomic mass is 10.1. The zero-order valence-corrected chi connectivity index (χ0v) is 20.2. The predicted octanol–water partition coefficient (Wildman–Crippen LogP) is 3.68. The van der Waals surface area contributed by atoms with Gasteiger partial charge in [0.25, 0.3) is 5.91 Å². The minimum absolute atomic E-state index is 0.203. The summed E-state index contributed by atoms with van der Waals surface area (Å²) in [6, 6.07) is 20.3. The molecule has 3 rings (SSSR count). The van der Waals surface area contributed by atoms with Gasteiger partial charge in [-0.3, -0.25) is 13.9 Å². The number of nitrogens with one attached hydrogen (secondary N) is 2. The van der Waals surface area contributed by atoms with Crippen LogP contribution < -0.4 is 19.7 Å². The van der Waals surface area contributed by atoms with Gasteiger partial charge >= 0.3 is 0 Å². The Balaban J connectivity index is 1.75. The third kappa shape index (κ3) is 6.49. The fourth-order valence-electron chi connectivity index (χ4n) is 3.19. The molecule has 0 heterocycles. The van der Waals surface area contributed by atoms with E-state index < -0.39 is 22.5 Å². The second-order valence-corrected chi connectivity index (χ2v) is 9.66. The number of amides is 2. The molecule has 0 aliphatic carbocycles. The zero-order valence-electron chi connectivity index (χ0n) is 18.6. The first-order chi connectivity index (χ1) is 16.2. The fourth-order valence-corrected chi connectivity index (χ4v) is 4.29. The molecule has 3 aromatic rings. The van der Waals surface area contributed by atoms with Crippen LogP contribution in [0.2, 0.25) is 5.02 Å². The van der Waals surface area contributed by atoms with Gasteiger partial charge in [-0.1, -0.05) is 54.1 Å². The van der Waals surface area contributed by atoms with Gasteiger partial charge in [0.1, 0.15) is 12.3 Å². The molecule has 0 aliphatic heterocycles. The van der Waals surface area contributed by atoms with E-state index in [1.54, 1.807) is 24.3 Å². The number of benzene rings is 3. The van der Waals surface area contributed by atoms with Crippen molar-refractivity contribution in [1.82, 2.24) is 5.32 Å². The van der Waals surface area contributed by atoms with Crippen LogP contribution in [0.25, 0.3) is 0 Å². The van der Waals surface area contributed by atoms with E-state index in [4.69, 9.17) is 16.3 Å². The summed E-state index contributed by atoms with van der Waals surface area (Å²) in [5, 5.41) is 5.65. The first-order valence-electron chi connectivity index (χ1n) is 10.2. The molecule has 2 N–H and O–H groups in total. The van der Waals surface area contributed by atoms with E-state index in [1.165, 1.54) is 25.3 Å². The third-order valence-electron chi connectivity index (χ3n) is 4.85. The third-order valence-corrected chi connectivity index (χ3v) is 6.29. The van der Waals surface area contributed by atoms with Crippen molar-refractivity contribution < 1.29 is 22.7 Å². The molecule has 0 aliphatic rings. The lowest BCUT2D eigenvalue weighted by Gasteiger charge is -2.22. The molecular weight excluding hydrogens is 478 g/mol. The van der Waals surface area contributed by atoms with Crippen molar-refractivity contribution in [2.24, 2.45) is 0 Å². The summed E-state index contributed by atoms with van der Waals surface area (Å²) in [5.74, 6) is -0.624. The Morgan fingerprint density at radius 2 is 1.68 bits per heavy atom. The lowest BCUT2D eigenvalue weighted by molar-refractivity contribution is -0.114. The Labute approximate surface area is 203 Å². The SMILES string of the molecule is COc1ccc(N(CC(=O)Nc2ccccc2C(=O)NCc2ccccc2)S(C)(=O)=O)cc1Cl. The van der Waals surface area contributed by atoms with Crippen LogP contribution in [-0.4, -0.2) is 40.1 Å². The van der Waals surface area contributed by atoms with Crippen LogP contribution in [0.4, 0.5) is 11.4 Å². The normalized spacial score (nSPS) is 10.9. The predicted molar refractivity (Wildman–Crippen MR) is 133 cm³/mol. The number of nitrogens with zero attached hydrogens (tertiary/aromatic N) is 1. The minimum Gasteiger partial charge on any atom is -0.495 e. The Morgan fingerprint density at radius 1 is 1.00 bits per heavy atom. The van der Waals surface area contributed by atoms with E-state index in [1.807, 2.05) is 30.3 Å². The summed E-state index contributed by atoms with van der Waals surface area (Å²) < 4.78 is 30.8. The molecule has 0 atom stereocenters. The number of carbonyl (C=O) groups is 2. The van der Waals surface area contributed by atoms with Crippen LogP contribution in [0.3, 0.4) is 0 Å². The second kappa shape index (κ2) is 11.0. The maximum absolute atomic E-state index is 12.8. The highest BCUT2D eigenvalue weighted by atomic mass is 35.5. The van der Waals surface area contributed by atoms with Gasteiger partial charge in [-0.05, 0) is 35.9 Å². The van der Waals surface area contributed by atoms with Gasteiger partial charge in [-0.15, -0.1) is 0 Å². The molecule has 0 saturated heterocycles. The topological polar surface area (TPSA) is 105 Å². The Kier molecular flexibility index (Phi) is 8.14. The van der Waals surface area contributed by atoms with E-state index in [2.05, 4.69) is 10.6 Å². The highest BCUT2D eigenvalue weighted by Gasteiger charge is 2.23. The van der Waals surface area contributed by atoms with E-state index in [0.29, 0.717) is 12.3 Å². The number of ether oxygens (including phenoxy) is 1. The maximum Gasteiger partial charge on any atom is 0.253 e. The monoisotopic (exact) mass is 501 g/mol. The number of sulfonamides is 1. The van der Waals surface area contributed by atoms with Gasteiger partial charge in [-0.2, -0.15) is 0 Å². The largest absolute Gasteiger partial charge is 0.495 e. The van der Waals surface area contributed by atoms with Crippen molar-refractivity contribution in [2.75, 3.05) is 29.5 Å². The van der Waals surface area contributed by atoms with Crippen LogP contribution in [0.5, 0.6) is 5.75 Å². The van der Waals surface area contributed by atoms with Gasteiger partial charge in [-0.25, -0.2) is 8.42 Å². The molecule has 0 fully saturated rings. The molecule has 0 saturated carbocycles. The number of carbonyl (C=O) groups excluding carboxylic acids is 2. The molecule has 8 nitrogen and oxygen atoms in total. The van der Waals surface area contributed by atoms with Crippen LogP contribution in [-0.2, 0) is 21.4 Å². The van der Waals surface area contributed by atoms with Crippen molar-refractivity contribution in [3.8, 4) is 5.75 Å². The van der Waals surface area contributed by atoms with Crippen LogP contribution in [0.15, 0.2) is 72.8 Å². The first-order valence-corrected chi connectivity index (χ1v) is 12.4. The van der Waals surface area contributed by atoms with Gasteiger partial charge in [0.15, 0.2) is 0 Å². The lowest BCUT2D eigenvalue weighted by Crippen LogP contribution is -2.37. The molecule has 0 bridgehead atoms. The van der Waals surface area contributed by atoms with Crippen molar-refractivity contribution >= 4 is 44.8 Å². The maximum atomic E-state index is 12.8. The van der Waals surface area contributed by atoms with Crippen molar-refractivity contribution in [3.05, 3.63) is 88.9 Å². The molecule has 0 unspecified atom stereocenters. The Hall–Kier alpha value is -3.56. The quantitative estimate of drug-likeness (QED) is 0.465. The van der Waals surface area contributed by atoms with E-state index in [-0.39, 0.29) is 27.9 Å². The smallest absolute Gasteiger partial charge is 0.253 e. The van der Waals surface area contributed by atoms with E-state index >= 15 is 0 Å². The number of halogens is 1. The molecule has 10 heteroatoms. The summed E-state index contributed by atoms with van der Waals surface area (Å²) in [4.78, 5) is 25.5. The number of hydrogen-bond donors (Lipinski definition) is 2. The van der Waals surface area contributed by atoms with Crippen LogP contribution >= 0.6 is 11.6 Å². The van der Waals surface area contributed by atoms with E-state index in [0.717, 1.165) is 16.1 Å². The van der Waals surface area contributed by atoms with Gasteiger partial charge < -0.3 is 15.4 Å². The summed E-state index contributed by atoms with van der Waals surface area (Å²) in [7, 11) is -2.37. The number of para-hydroxylation sites is 1. The van der Waals surface area contributed by atoms with Crippen LogP contribution in [0.1, 0.15) is 15.9 Å². The molecule has 3 aromatic carbocycles. The summed E-state index contributed by atoms with van der Waals surface area (Å²) in [6.45, 7) is -0.191. The second-order valence-electron chi connectivity index (χ2n) is 7.35. The summed E-state index contributed by atoms with van der Waals surface area (Å²) >= 11 is 6.13. The van der Waals surface area contributed by atoms with Gasteiger partial charge in [0.2, 0.25) is 15.9 Å². The van der Waals surface area contributed by atoms with E-state index in [9.17, 15) is 18.0 Å². The van der Waals surface area contributed by atoms with Gasteiger partial charge in [0, 0.05) is 6.54 Å². The standard InChI is InChI=1S/C24H24ClN3O5S/c1-33-22-13-12-18(14-20(22)25)28(34(2,31)32)16-23(29)27-21-11-7-6-10-19(21)24(30)26-15-17-8-4-3-5-9-17/h3-14H,15-16H2,1-2H3,(H,26,30)(H,27,29). The average molecular weight is 502 g/mol. The first kappa shape index (κ1) is 25.1. The fraction of sp³-hybridized carbons (Fsp3) is 0.167. The Morgan fingerprint density at radius 3 is 2.32 bits per heavy atom. The van der Waals surface area contributed by atoms with Crippen LogP contribution in [0, 0.1) is 0 Å². The highest BCUT2D eigenvalue weighted by Crippen LogP contribution is 2.30. The highest BCUT2D eigenvalue weighted by molar-refractivity contribution is 7.92.